The van der Waals surface area contributed by atoms with E-state index in [1.807, 2.05) is 26.2 Å². The van der Waals surface area contributed by atoms with Gasteiger partial charge in [-0.15, -0.1) is 0 Å². The number of hydrogen-bond donors (Lipinski definition) is 0. The van der Waals surface area contributed by atoms with Crippen LogP contribution in [0, 0.1) is 0 Å². The Morgan fingerprint density at radius 1 is 0.697 bits per heavy atom. The highest BCUT2D eigenvalue weighted by Gasteiger charge is 2.51. The minimum atomic E-state index is -2.50. The van der Waals surface area contributed by atoms with Gasteiger partial charge in [-0.1, -0.05) is 75.4 Å². The molecule has 1 unspecified atom stereocenters. The second kappa shape index (κ2) is 9.97. The molecule has 0 aromatic carbocycles. The molecular weight excluding hydrogens is 467 g/mol. The molecule has 0 radical (unpaired) electrons. The average molecular weight is 518 g/mol. The van der Waals surface area contributed by atoms with Gasteiger partial charge in [-0.3, -0.25) is 14.4 Å². The lowest BCUT2D eigenvalue weighted by atomic mass is 10.2. The van der Waals surface area contributed by atoms with Crippen LogP contribution < -0.4 is 0 Å². The quantitative estimate of drug-likeness (QED) is 0.351. The maximum absolute atomic E-state index is 13.7. The van der Waals surface area contributed by atoms with E-state index in [1.54, 1.807) is 4.57 Å². The molecule has 9 heteroatoms. The lowest BCUT2D eigenvalue weighted by molar-refractivity contribution is -0.149. The van der Waals surface area contributed by atoms with Gasteiger partial charge in [-0.25, -0.2) is 0 Å². The van der Waals surface area contributed by atoms with Gasteiger partial charge in [0.2, 0.25) is 5.91 Å². The number of carbonyl (C=O) groups is 3. The van der Waals surface area contributed by atoms with Crippen molar-refractivity contribution in [1.29, 1.82) is 0 Å². The number of amides is 1. The molecule has 0 saturated heterocycles. The van der Waals surface area contributed by atoms with E-state index in [0.717, 1.165) is 0 Å². The Hall–Kier alpha value is -0.939. The molecule has 0 N–H and O–H groups in total. The van der Waals surface area contributed by atoms with Crippen LogP contribution in [0.2, 0.25) is 54.4 Å². The van der Waals surface area contributed by atoms with Crippen molar-refractivity contribution < 1.29 is 23.2 Å². The third-order valence-electron chi connectivity index (χ3n) is 8.06. The fourth-order valence-electron chi connectivity index (χ4n) is 2.75. The largest absolute Gasteiger partial charge is 0.519 e. The summed E-state index contributed by atoms with van der Waals surface area (Å²) in [6.45, 7) is 32.2. The number of hydrogen-bond acceptors (Lipinski definition) is 5. The molecule has 0 bridgehead atoms. The van der Waals surface area contributed by atoms with Gasteiger partial charge < -0.3 is 13.4 Å². The van der Waals surface area contributed by atoms with Crippen LogP contribution in [0.3, 0.4) is 0 Å². The fourth-order valence-corrected chi connectivity index (χ4v) is 7.14. The van der Waals surface area contributed by atoms with Crippen LogP contribution in [0.4, 0.5) is 0 Å². The topological polar surface area (TPSA) is 72.9 Å². The molecule has 6 nitrogen and oxygen atoms in total. The summed E-state index contributed by atoms with van der Waals surface area (Å²) in [5.74, 6) is -1.14. The van der Waals surface area contributed by atoms with Crippen LogP contribution in [0.25, 0.3) is 0 Å². The Bertz CT molecular complexity index is 741. The van der Waals surface area contributed by atoms with Gasteiger partial charge in [0, 0.05) is 6.92 Å². The lowest BCUT2D eigenvalue weighted by Crippen LogP contribution is -2.64. The Morgan fingerprint density at radius 2 is 1.06 bits per heavy atom. The molecule has 0 aromatic rings. The smallest absolute Gasteiger partial charge is 0.315 e. The van der Waals surface area contributed by atoms with Crippen LogP contribution >= 0.6 is 0 Å². The summed E-state index contributed by atoms with van der Waals surface area (Å²) in [7, 11) is -7.34. The predicted molar refractivity (Wildman–Crippen MR) is 145 cm³/mol. The van der Waals surface area contributed by atoms with E-state index >= 15 is 0 Å². The fraction of sp³-hybridized carbons (Fsp3) is 0.875. The van der Waals surface area contributed by atoms with E-state index in [4.69, 9.17) is 8.85 Å². The molecule has 194 valence electrons. The van der Waals surface area contributed by atoms with Gasteiger partial charge >= 0.3 is 5.97 Å². The lowest BCUT2D eigenvalue weighted by Gasteiger charge is -2.49. The molecule has 0 aliphatic heterocycles. The molecule has 0 aliphatic rings. The van der Waals surface area contributed by atoms with Crippen LogP contribution in [-0.4, -0.2) is 53.3 Å². The molecule has 0 rings (SSSR count). The molecule has 0 spiro atoms. The second-order valence-electron chi connectivity index (χ2n) is 13.8. The Balaban J connectivity index is 6.43. The first kappa shape index (κ1) is 32.1. The standard InChI is InChI=1S/C24H51NO5Si3/c1-18(26)25(31(11,12)22(2,3)4)19(21(28)30-33(15,16)24(8,9)10)17-20(27)29-32(13,14)23(5,6)7/h19H,17H2,1-16H3. The number of rotatable bonds is 7. The van der Waals surface area contributed by atoms with E-state index in [1.165, 1.54) is 6.92 Å². The molecule has 1 atom stereocenters. The van der Waals surface area contributed by atoms with Gasteiger partial charge in [0.25, 0.3) is 22.6 Å². The zero-order chi connectivity index (χ0) is 27.0. The first-order valence-electron chi connectivity index (χ1n) is 11.9. The minimum Gasteiger partial charge on any atom is -0.519 e. The van der Waals surface area contributed by atoms with Crippen molar-refractivity contribution in [3.05, 3.63) is 0 Å². The Kier molecular flexibility index (Phi) is 9.69. The minimum absolute atomic E-state index is 0.153. The second-order valence-corrected chi connectivity index (χ2v) is 28.4. The first-order valence-corrected chi connectivity index (χ1v) is 20.7. The zero-order valence-corrected chi connectivity index (χ0v) is 27.3. The van der Waals surface area contributed by atoms with Crippen LogP contribution in [0.5, 0.6) is 0 Å². The van der Waals surface area contributed by atoms with E-state index in [-0.39, 0.29) is 27.4 Å². The summed E-state index contributed by atoms with van der Waals surface area (Å²) in [6.07, 6.45) is -0.188. The third-order valence-corrected chi connectivity index (χ3v) is 22.2. The van der Waals surface area contributed by atoms with Crippen molar-refractivity contribution in [2.45, 2.75) is 136 Å². The highest BCUT2D eigenvalue weighted by molar-refractivity contribution is 6.80. The van der Waals surface area contributed by atoms with Crippen molar-refractivity contribution in [1.82, 2.24) is 4.57 Å². The van der Waals surface area contributed by atoms with Crippen molar-refractivity contribution in [3.8, 4) is 0 Å². The van der Waals surface area contributed by atoms with Gasteiger partial charge in [-0.2, -0.15) is 0 Å². The van der Waals surface area contributed by atoms with Crippen LogP contribution in [-0.2, 0) is 23.2 Å². The molecule has 33 heavy (non-hydrogen) atoms. The van der Waals surface area contributed by atoms with Crippen LogP contribution in [0.15, 0.2) is 0 Å². The van der Waals surface area contributed by atoms with E-state index in [0.29, 0.717) is 0 Å². The molecule has 0 heterocycles. The molecule has 1 amide bonds. The zero-order valence-electron chi connectivity index (χ0n) is 24.3. The highest BCUT2D eigenvalue weighted by Crippen LogP contribution is 2.42. The van der Waals surface area contributed by atoms with Crippen molar-refractivity contribution in [2.75, 3.05) is 0 Å². The van der Waals surface area contributed by atoms with E-state index < -0.39 is 42.9 Å². The molecule has 0 fully saturated rings. The monoisotopic (exact) mass is 517 g/mol. The third kappa shape index (κ3) is 7.78. The maximum atomic E-state index is 13.7. The predicted octanol–water partition coefficient (Wildman–Crippen LogP) is 6.70. The maximum Gasteiger partial charge on any atom is 0.315 e. The summed E-state index contributed by atoms with van der Waals surface area (Å²) in [6, 6.07) is -0.991. The SMILES string of the molecule is CC(=O)N(C(CC(=O)O[Si](C)(C)C(C)(C)C)C(=O)O[Si](C)(C)C(C)(C)C)[Si](C)(C)C(C)(C)C. The van der Waals surface area contributed by atoms with Gasteiger partial charge in [0.1, 0.15) is 6.04 Å². The van der Waals surface area contributed by atoms with Gasteiger partial charge in [0.15, 0.2) is 8.24 Å². The van der Waals surface area contributed by atoms with Crippen molar-refractivity contribution >= 4 is 42.7 Å². The Morgan fingerprint density at radius 3 is 1.36 bits per heavy atom. The number of carbonyl (C=O) groups excluding carboxylic acids is 3. The average Bonchev–Trinajstić information content (AvgIpc) is 2.49. The molecule has 0 saturated carbocycles. The summed E-state index contributed by atoms with van der Waals surface area (Å²) in [5.41, 5.74) is 0. The highest BCUT2D eigenvalue weighted by atomic mass is 28.4. The summed E-state index contributed by atoms with van der Waals surface area (Å²) in [5, 5.41) is -0.552. The van der Waals surface area contributed by atoms with E-state index in [2.05, 4.69) is 75.4 Å². The van der Waals surface area contributed by atoms with Crippen molar-refractivity contribution in [3.63, 3.8) is 0 Å². The Labute approximate surface area is 206 Å². The van der Waals surface area contributed by atoms with Gasteiger partial charge in [0.05, 0.1) is 6.42 Å². The van der Waals surface area contributed by atoms with E-state index in [9.17, 15) is 14.4 Å². The normalized spacial score (nSPS) is 15.0. The summed E-state index contributed by atoms with van der Waals surface area (Å²) >= 11 is 0. The summed E-state index contributed by atoms with van der Waals surface area (Å²) < 4.78 is 13.8. The summed E-state index contributed by atoms with van der Waals surface area (Å²) in [4.78, 5) is 39.8. The molecule has 0 aromatic heterocycles. The number of nitrogens with zero attached hydrogens (tertiary/aromatic N) is 1. The van der Waals surface area contributed by atoms with Crippen molar-refractivity contribution in [2.24, 2.45) is 0 Å². The molecular formula is C24H51NO5Si3. The van der Waals surface area contributed by atoms with Crippen LogP contribution in [0.1, 0.15) is 75.7 Å². The first-order chi connectivity index (χ1) is 14.2. The molecule has 0 aliphatic carbocycles. The van der Waals surface area contributed by atoms with Gasteiger partial charge in [-0.05, 0) is 41.3 Å².